The summed E-state index contributed by atoms with van der Waals surface area (Å²) in [5, 5.41) is 0.971. The van der Waals surface area contributed by atoms with Crippen LogP contribution in [0.3, 0.4) is 0 Å². The number of rotatable bonds is 3. The van der Waals surface area contributed by atoms with Crippen LogP contribution in [0.4, 0.5) is 5.69 Å². The summed E-state index contributed by atoms with van der Waals surface area (Å²) < 4.78 is 6.95. The lowest BCUT2D eigenvalue weighted by molar-refractivity contribution is 0.310. The van der Waals surface area contributed by atoms with Gasteiger partial charge in [0.2, 0.25) is 0 Å². The van der Waals surface area contributed by atoms with Crippen molar-refractivity contribution in [2.45, 2.75) is 6.61 Å². The van der Waals surface area contributed by atoms with Crippen molar-refractivity contribution in [1.82, 2.24) is 4.98 Å². The molecule has 0 aliphatic heterocycles. The van der Waals surface area contributed by atoms with Crippen molar-refractivity contribution in [2.24, 2.45) is 0 Å². The number of nitrogen functional groups attached to an aromatic ring is 1. The molecule has 0 saturated heterocycles. The Labute approximate surface area is 125 Å². The number of hydrogen-bond acceptors (Lipinski definition) is 3. The van der Waals surface area contributed by atoms with Crippen LogP contribution in [0.25, 0.3) is 10.9 Å². The third kappa shape index (κ3) is 2.75. The van der Waals surface area contributed by atoms with Gasteiger partial charge >= 0.3 is 0 Å². The molecule has 100 valence electrons. The van der Waals surface area contributed by atoms with Crippen molar-refractivity contribution in [2.75, 3.05) is 5.73 Å². The predicted molar refractivity (Wildman–Crippen MR) is 84.6 cm³/mol. The molecule has 1 aromatic heterocycles. The van der Waals surface area contributed by atoms with E-state index in [1.54, 1.807) is 6.20 Å². The van der Waals surface area contributed by atoms with Crippen LogP contribution in [0.1, 0.15) is 5.56 Å². The number of nitrogens with two attached hydrogens (primary N) is 1. The number of aromatic nitrogens is 1. The van der Waals surface area contributed by atoms with E-state index in [1.165, 1.54) is 0 Å². The van der Waals surface area contributed by atoms with E-state index in [0.29, 0.717) is 12.3 Å². The monoisotopic (exact) mass is 328 g/mol. The number of fused-ring (bicyclic) bond motifs is 1. The maximum atomic E-state index is 5.89. The van der Waals surface area contributed by atoms with Crippen molar-refractivity contribution in [3.63, 3.8) is 0 Å². The summed E-state index contributed by atoms with van der Waals surface area (Å²) in [6.45, 7) is 0.525. The third-order valence-corrected chi connectivity index (χ3v) is 3.56. The van der Waals surface area contributed by atoms with Crippen LogP contribution in [-0.2, 0) is 6.61 Å². The van der Waals surface area contributed by atoms with Gasteiger partial charge in [-0.15, -0.1) is 0 Å². The number of benzene rings is 2. The topological polar surface area (TPSA) is 48.1 Å². The lowest BCUT2D eigenvalue weighted by Gasteiger charge is -2.09. The minimum atomic E-state index is 0.525. The maximum Gasteiger partial charge on any atom is 0.130 e. The Bertz CT molecular complexity index is 741. The first-order chi connectivity index (χ1) is 9.72. The average Bonchev–Trinajstić information content (AvgIpc) is 2.46. The number of halogens is 1. The molecule has 0 radical (unpaired) electrons. The van der Waals surface area contributed by atoms with Gasteiger partial charge in [-0.25, -0.2) is 0 Å². The largest absolute Gasteiger partial charge is 0.488 e. The van der Waals surface area contributed by atoms with Crippen molar-refractivity contribution in [3.8, 4) is 5.75 Å². The van der Waals surface area contributed by atoms with E-state index in [4.69, 9.17) is 10.5 Å². The highest BCUT2D eigenvalue weighted by molar-refractivity contribution is 9.10. The van der Waals surface area contributed by atoms with Crippen molar-refractivity contribution >= 4 is 32.5 Å². The van der Waals surface area contributed by atoms with E-state index < -0.39 is 0 Å². The fourth-order valence-corrected chi connectivity index (χ4v) is 2.27. The van der Waals surface area contributed by atoms with E-state index in [1.807, 2.05) is 48.5 Å². The second kappa shape index (κ2) is 5.51. The minimum absolute atomic E-state index is 0.525. The maximum absolute atomic E-state index is 5.89. The van der Waals surface area contributed by atoms with Crippen LogP contribution in [0.5, 0.6) is 5.75 Å². The molecule has 0 bridgehead atoms. The fourth-order valence-electron chi connectivity index (χ4n) is 2.01. The second-order valence-electron chi connectivity index (χ2n) is 4.50. The van der Waals surface area contributed by atoms with Gasteiger partial charge in [0.05, 0.1) is 5.52 Å². The molecule has 3 nitrogen and oxygen atoms in total. The van der Waals surface area contributed by atoms with E-state index in [2.05, 4.69) is 20.9 Å². The van der Waals surface area contributed by atoms with Crippen LogP contribution >= 0.6 is 15.9 Å². The van der Waals surface area contributed by atoms with Crippen LogP contribution in [0.15, 0.2) is 59.2 Å². The summed E-state index contributed by atoms with van der Waals surface area (Å²) in [5.41, 5.74) is 8.44. The SMILES string of the molecule is Nc1ccc2c(OCc3ccc(Br)cc3)ccnc2c1. The molecule has 0 atom stereocenters. The van der Waals surface area contributed by atoms with Gasteiger partial charge in [-0.05, 0) is 42.0 Å². The molecule has 3 aromatic rings. The Hall–Kier alpha value is -2.07. The highest BCUT2D eigenvalue weighted by Crippen LogP contribution is 2.26. The van der Waals surface area contributed by atoms with Gasteiger partial charge in [-0.1, -0.05) is 28.1 Å². The van der Waals surface area contributed by atoms with E-state index >= 15 is 0 Å². The zero-order valence-electron chi connectivity index (χ0n) is 10.7. The highest BCUT2D eigenvalue weighted by atomic mass is 79.9. The van der Waals surface area contributed by atoms with E-state index in [-0.39, 0.29) is 0 Å². The van der Waals surface area contributed by atoms with E-state index in [0.717, 1.165) is 26.7 Å². The quantitative estimate of drug-likeness (QED) is 0.734. The Balaban J connectivity index is 1.85. The number of anilines is 1. The van der Waals surface area contributed by atoms with Gasteiger partial charge < -0.3 is 10.5 Å². The molecule has 1 heterocycles. The molecule has 0 saturated carbocycles. The second-order valence-corrected chi connectivity index (χ2v) is 5.42. The van der Waals surface area contributed by atoms with Gasteiger partial charge in [0, 0.05) is 21.7 Å². The molecule has 0 amide bonds. The summed E-state index contributed by atoms with van der Waals surface area (Å²) in [6.07, 6.45) is 1.73. The summed E-state index contributed by atoms with van der Waals surface area (Å²) in [7, 11) is 0. The normalized spacial score (nSPS) is 10.7. The molecule has 3 rings (SSSR count). The Kier molecular flexibility index (Phi) is 3.56. The molecule has 0 spiro atoms. The van der Waals surface area contributed by atoms with Gasteiger partial charge in [0.1, 0.15) is 12.4 Å². The standard InChI is InChI=1S/C16H13BrN2O/c17-12-3-1-11(2-4-12)10-20-16-7-8-19-15-9-13(18)5-6-14(15)16/h1-9H,10,18H2. The molecule has 2 aromatic carbocycles. The zero-order valence-corrected chi connectivity index (χ0v) is 12.3. The van der Waals surface area contributed by atoms with Crippen LogP contribution in [0, 0.1) is 0 Å². The fraction of sp³-hybridized carbons (Fsp3) is 0.0625. The Morgan fingerprint density at radius 1 is 1.05 bits per heavy atom. The van der Waals surface area contributed by atoms with Gasteiger partial charge in [-0.2, -0.15) is 0 Å². The Morgan fingerprint density at radius 3 is 2.65 bits per heavy atom. The first-order valence-electron chi connectivity index (χ1n) is 6.24. The summed E-state index contributed by atoms with van der Waals surface area (Å²) in [4.78, 5) is 4.30. The lowest BCUT2D eigenvalue weighted by Crippen LogP contribution is -1.96. The molecule has 0 unspecified atom stereocenters. The van der Waals surface area contributed by atoms with Crippen molar-refractivity contribution < 1.29 is 4.74 Å². The van der Waals surface area contributed by atoms with Gasteiger partial charge in [-0.3, -0.25) is 4.98 Å². The molecule has 2 N–H and O–H groups in total. The lowest BCUT2D eigenvalue weighted by atomic mass is 10.2. The smallest absolute Gasteiger partial charge is 0.130 e. The number of nitrogens with zero attached hydrogens (tertiary/aromatic N) is 1. The van der Waals surface area contributed by atoms with Crippen molar-refractivity contribution in [3.05, 3.63) is 64.8 Å². The highest BCUT2D eigenvalue weighted by Gasteiger charge is 2.04. The molecule has 20 heavy (non-hydrogen) atoms. The summed E-state index contributed by atoms with van der Waals surface area (Å²) in [5.74, 6) is 0.818. The molecule has 0 fully saturated rings. The Morgan fingerprint density at radius 2 is 1.85 bits per heavy atom. The molecule has 0 aliphatic rings. The van der Waals surface area contributed by atoms with Crippen molar-refractivity contribution in [1.29, 1.82) is 0 Å². The number of pyridine rings is 1. The molecular formula is C16H13BrN2O. The van der Waals surface area contributed by atoms with Crippen LogP contribution in [0.2, 0.25) is 0 Å². The van der Waals surface area contributed by atoms with Gasteiger partial charge in [0.15, 0.2) is 0 Å². The zero-order chi connectivity index (χ0) is 13.9. The minimum Gasteiger partial charge on any atom is -0.488 e. The van der Waals surface area contributed by atoms with Gasteiger partial charge in [0.25, 0.3) is 0 Å². The number of ether oxygens (including phenoxy) is 1. The first-order valence-corrected chi connectivity index (χ1v) is 7.03. The average molecular weight is 329 g/mol. The summed E-state index contributed by atoms with van der Waals surface area (Å²) in [6, 6.07) is 15.6. The molecule has 4 heteroatoms. The molecular weight excluding hydrogens is 316 g/mol. The third-order valence-electron chi connectivity index (χ3n) is 3.03. The van der Waals surface area contributed by atoms with Crippen LogP contribution in [-0.4, -0.2) is 4.98 Å². The number of hydrogen-bond donors (Lipinski definition) is 1. The van der Waals surface area contributed by atoms with Crippen LogP contribution < -0.4 is 10.5 Å². The predicted octanol–water partition coefficient (Wildman–Crippen LogP) is 4.16. The molecule has 0 aliphatic carbocycles. The summed E-state index contributed by atoms with van der Waals surface area (Å²) >= 11 is 3.42. The van der Waals surface area contributed by atoms with E-state index in [9.17, 15) is 0 Å². The first kappa shape index (κ1) is 12.9.